The fraction of sp³-hybridized carbons (Fsp3) is 0.100. The van der Waals surface area contributed by atoms with E-state index in [2.05, 4.69) is 4.98 Å². The van der Waals surface area contributed by atoms with Crippen LogP contribution < -0.4 is 0 Å². The molecule has 1 aromatic heterocycles. The van der Waals surface area contributed by atoms with Crippen molar-refractivity contribution in [3.63, 3.8) is 0 Å². The number of nitrogens with zero attached hydrogens (tertiary/aromatic N) is 2. The molecule has 2 aromatic rings. The standard InChI is InChI=1S/C10H8N2O2S2/c1-7-6-15-10(11-7)16-9-5-3-2-4-8(9)12(13)14/h2-6H,1H3. The van der Waals surface area contributed by atoms with E-state index in [1.54, 1.807) is 18.2 Å². The van der Waals surface area contributed by atoms with Gasteiger partial charge in [0.15, 0.2) is 4.34 Å². The number of nitro groups is 1. The molecule has 0 aliphatic carbocycles. The molecule has 0 bridgehead atoms. The molecule has 0 saturated carbocycles. The van der Waals surface area contributed by atoms with Gasteiger partial charge in [0.1, 0.15) is 0 Å². The van der Waals surface area contributed by atoms with Gasteiger partial charge >= 0.3 is 0 Å². The van der Waals surface area contributed by atoms with E-state index < -0.39 is 0 Å². The van der Waals surface area contributed by atoms with Gasteiger partial charge < -0.3 is 0 Å². The van der Waals surface area contributed by atoms with E-state index >= 15 is 0 Å². The predicted octanol–water partition coefficient (Wildman–Crippen LogP) is 3.51. The fourth-order valence-corrected chi connectivity index (χ4v) is 3.07. The molecule has 1 aromatic carbocycles. The van der Waals surface area contributed by atoms with Gasteiger partial charge in [-0.05, 0) is 13.0 Å². The Morgan fingerprint density at radius 3 is 2.81 bits per heavy atom. The first-order chi connectivity index (χ1) is 7.66. The number of aryl methyl sites for hydroxylation is 1. The van der Waals surface area contributed by atoms with E-state index in [0.717, 1.165) is 10.0 Å². The Kier molecular flexibility index (Phi) is 3.21. The molecule has 4 nitrogen and oxygen atoms in total. The summed E-state index contributed by atoms with van der Waals surface area (Å²) in [5, 5.41) is 12.7. The number of rotatable bonds is 3. The van der Waals surface area contributed by atoms with Crippen molar-refractivity contribution in [2.45, 2.75) is 16.2 Å². The van der Waals surface area contributed by atoms with Crippen molar-refractivity contribution in [2.75, 3.05) is 0 Å². The van der Waals surface area contributed by atoms with E-state index in [1.165, 1.54) is 29.2 Å². The molecule has 0 radical (unpaired) electrons. The third-order valence-electron chi connectivity index (χ3n) is 1.86. The molecule has 6 heteroatoms. The van der Waals surface area contributed by atoms with Crippen LogP contribution in [0.5, 0.6) is 0 Å². The Bertz CT molecular complexity index is 525. The Balaban J connectivity index is 2.31. The third kappa shape index (κ3) is 2.40. The van der Waals surface area contributed by atoms with Crippen LogP contribution in [-0.2, 0) is 0 Å². The Labute approximate surface area is 100 Å². The van der Waals surface area contributed by atoms with Gasteiger partial charge in [0, 0.05) is 17.1 Å². The molecule has 16 heavy (non-hydrogen) atoms. The minimum Gasteiger partial charge on any atom is -0.258 e. The van der Waals surface area contributed by atoms with Gasteiger partial charge in [0.05, 0.1) is 9.82 Å². The lowest BCUT2D eigenvalue weighted by Crippen LogP contribution is -1.89. The van der Waals surface area contributed by atoms with Gasteiger partial charge in [-0.15, -0.1) is 11.3 Å². The summed E-state index contributed by atoms with van der Waals surface area (Å²) in [5.74, 6) is 0. The van der Waals surface area contributed by atoms with Gasteiger partial charge in [-0.1, -0.05) is 23.9 Å². The molecule has 0 fully saturated rings. The van der Waals surface area contributed by atoms with Gasteiger partial charge in [-0.2, -0.15) is 0 Å². The lowest BCUT2D eigenvalue weighted by atomic mass is 10.3. The number of nitro benzene ring substituents is 1. The highest BCUT2D eigenvalue weighted by Gasteiger charge is 2.14. The average Bonchev–Trinajstić information content (AvgIpc) is 2.64. The van der Waals surface area contributed by atoms with Crippen LogP contribution in [0.4, 0.5) is 5.69 Å². The van der Waals surface area contributed by atoms with Crippen LogP contribution in [0.15, 0.2) is 38.9 Å². The number of hydrogen-bond donors (Lipinski definition) is 0. The van der Waals surface area contributed by atoms with Crippen LogP contribution in [0.25, 0.3) is 0 Å². The van der Waals surface area contributed by atoms with Crippen molar-refractivity contribution in [3.8, 4) is 0 Å². The maximum atomic E-state index is 10.8. The molecule has 0 aliphatic heterocycles. The zero-order valence-corrected chi connectivity index (χ0v) is 10.0. The lowest BCUT2D eigenvalue weighted by molar-refractivity contribution is -0.387. The number of para-hydroxylation sites is 1. The maximum absolute atomic E-state index is 10.8. The second kappa shape index (κ2) is 4.63. The van der Waals surface area contributed by atoms with Crippen LogP contribution in [0.2, 0.25) is 0 Å². The first-order valence-corrected chi connectivity index (χ1v) is 6.20. The Morgan fingerprint density at radius 1 is 1.44 bits per heavy atom. The summed E-state index contributed by atoms with van der Waals surface area (Å²) < 4.78 is 0.826. The van der Waals surface area contributed by atoms with E-state index in [9.17, 15) is 10.1 Å². The minimum atomic E-state index is -0.372. The third-order valence-corrected chi connectivity index (χ3v) is 3.98. The maximum Gasteiger partial charge on any atom is 0.283 e. The van der Waals surface area contributed by atoms with Crippen LogP contribution in [-0.4, -0.2) is 9.91 Å². The molecule has 82 valence electrons. The summed E-state index contributed by atoms with van der Waals surface area (Å²) in [6, 6.07) is 6.69. The zero-order valence-electron chi connectivity index (χ0n) is 8.41. The summed E-state index contributed by atoms with van der Waals surface area (Å²) in [7, 11) is 0. The first-order valence-electron chi connectivity index (χ1n) is 4.50. The lowest BCUT2D eigenvalue weighted by Gasteiger charge is -1.98. The van der Waals surface area contributed by atoms with Gasteiger partial charge in [0.2, 0.25) is 0 Å². The van der Waals surface area contributed by atoms with Crippen LogP contribution in [0.3, 0.4) is 0 Å². The molecular weight excluding hydrogens is 244 g/mol. The Morgan fingerprint density at radius 2 is 2.19 bits per heavy atom. The second-order valence-electron chi connectivity index (χ2n) is 3.08. The second-order valence-corrected chi connectivity index (χ2v) is 5.23. The number of thiazole rings is 1. The molecule has 0 N–H and O–H groups in total. The van der Waals surface area contributed by atoms with Crippen molar-refractivity contribution < 1.29 is 4.92 Å². The normalized spacial score (nSPS) is 10.3. The predicted molar refractivity (Wildman–Crippen MR) is 64.1 cm³/mol. The van der Waals surface area contributed by atoms with E-state index in [-0.39, 0.29) is 10.6 Å². The van der Waals surface area contributed by atoms with Crippen molar-refractivity contribution in [2.24, 2.45) is 0 Å². The molecule has 0 unspecified atom stereocenters. The molecule has 0 atom stereocenters. The van der Waals surface area contributed by atoms with Crippen molar-refractivity contribution >= 4 is 28.8 Å². The largest absolute Gasteiger partial charge is 0.283 e. The molecule has 2 rings (SSSR count). The highest BCUT2D eigenvalue weighted by atomic mass is 32.2. The quantitative estimate of drug-likeness (QED) is 0.619. The molecule has 0 spiro atoms. The molecule has 1 heterocycles. The van der Waals surface area contributed by atoms with Crippen LogP contribution in [0.1, 0.15) is 5.69 Å². The molecule has 0 saturated heterocycles. The van der Waals surface area contributed by atoms with Gasteiger partial charge in [0.25, 0.3) is 5.69 Å². The van der Waals surface area contributed by atoms with Crippen molar-refractivity contribution in [3.05, 3.63) is 45.5 Å². The van der Waals surface area contributed by atoms with Crippen LogP contribution in [0, 0.1) is 17.0 Å². The highest BCUT2D eigenvalue weighted by molar-refractivity contribution is 8.01. The summed E-state index contributed by atoms with van der Waals surface area (Å²) >= 11 is 2.82. The molecule has 0 amide bonds. The number of aromatic nitrogens is 1. The highest BCUT2D eigenvalue weighted by Crippen LogP contribution is 2.35. The van der Waals surface area contributed by atoms with E-state index in [4.69, 9.17) is 0 Å². The summed E-state index contributed by atoms with van der Waals surface area (Å²) in [5.41, 5.74) is 1.06. The van der Waals surface area contributed by atoms with E-state index in [1.807, 2.05) is 12.3 Å². The minimum absolute atomic E-state index is 0.125. The SMILES string of the molecule is Cc1csc(Sc2ccccc2[N+](=O)[O-])n1. The smallest absolute Gasteiger partial charge is 0.258 e. The van der Waals surface area contributed by atoms with E-state index in [0.29, 0.717) is 4.90 Å². The van der Waals surface area contributed by atoms with Crippen molar-refractivity contribution in [1.82, 2.24) is 4.98 Å². The Hall–Kier alpha value is -1.40. The summed E-state index contributed by atoms with van der Waals surface area (Å²) in [6.07, 6.45) is 0. The fourth-order valence-electron chi connectivity index (χ4n) is 1.17. The first kappa shape index (κ1) is 11.1. The van der Waals surface area contributed by atoms with Gasteiger partial charge in [-0.3, -0.25) is 10.1 Å². The monoisotopic (exact) mass is 252 g/mol. The topological polar surface area (TPSA) is 56.0 Å². The molecular formula is C10H8N2O2S2. The average molecular weight is 252 g/mol. The number of benzene rings is 1. The van der Waals surface area contributed by atoms with Crippen molar-refractivity contribution in [1.29, 1.82) is 0 Å². The van der Waals surface area contributed by atoms with Gasteiger partial charge in [-0.25, -0.2) is 4.98 Å². The summed E-state index contributed by atoms with van der Waals surface area (Å²) in [4.78, 5) is 15.3. The summed E-state index contributed by atoms with van der Waals surface area (Å²) in [6.45, 7) is 1.90. The van der Waals surface area contributed by atoms with Crippen LogP contribution >= 0.6 is 23.1 Å². The zero-order chi connectivity index (χ0) is 11.5. The molecule has 0 aliphatic rings. The number of hydrogen-bond acceptors (Lipinski definition) is 5.